The molecule has 0 saturated heterocycles. The minimum Gasteiger partial charge on any atom is -0.462 e. The van der Waals surface area contributed by atoms with Gasteiger partial charge in [0.25, 0.3) is 0 Å². The van der Waals surface area contributed by atoms with Crippen LogP contribution in [0, 0.1) is 0 Å². The number of aromatic nitrogens is 1. The molecule has 8 heteroatoms. The monoisotopic (exact) mass is 677 g/mol. The van der Waals surface area contributed by atoms with Crippen LogP contribution in [0.4, 0.5) is 5.69 Å². The average molecular weight is 678 g/mol. The van der Waals surface area contributed by atoms with E-state index >= 15 is 0 Å². The largest absolute Gasteiger partial charge is 0.462 e. The minimum absolute atomic E-state index is 0.0282. The van der Waals surface area contributed by atoms with E-state index in [-0.39, 0.29) is 25.0 Å². The highest BCUT2D eigenvalue weighted by Crippen LogP contribution is 2.28. The Balaban J connectivity index is 0.000000313. The van der Waals surface area contributed by atoms with Crippen molar-refractivity contribution in [1.29, 1.82) is 0 Å². The molecule has 0 unspecified atom stereocenters. The first kappa shape index (κ1) is 40.6. The van der Waals surface area contributed by atoms with Gasteiger partial charge in [0, 0.05) is 42.2 Å². The number of pyridine rings is 1. The Hall–Kier alpha value is -3.55. The summed E-state index contributed by atoms with van der Waals surface area (Å²) in [6.07, 6.45) is 21.9. The molecule has 1 amide bonds. The highest BCUT2D eigenvalue weighted by molar-refractivity contribution is 6.32. The molecule has 0 spiro atoms. The van der Waals surface area contributed by atoms with Gasteiger partial charge in [0.15, 0.2) is 0 Å². The maximum atomic E-state index is 12.0. The Labute approximate surface area is 293 Å². The maximum Gasteiger partial charge on any atom is 0.338 e. The van der Waals surface area contributed by atoms with E-state index in [0.29, 0.717) is 17.2 Å². The van der Waals surface area contributed by atoms with Crippen molar-refractivity contribution in [3.05, 3.63) is 94.8 Å². The number of halogens is 1. The lowest BCUT2D eigenvalue weighted by atomic mass is 10.0. The number of hydrogen-bond acceptors (Lipinski definition) is 6. The number of unbranched alkanes of at least 4 members (excludes halogenated alkanes) is 13. The molecule has 48 heavy (non-hydrogen) atoms. The Bertz CT molecular complexity index is 1330. The van der Waals surface area contributed by atoms with E-state index < -0.39 is 0 Å². The smallest absolute Gasteiger partial charge is 0.338 e. The average Bonchev–Trinajstić information content (AvgIpc) is 3.22. The van der Waals surface area contributed by atoms with Gasteiger partial charge in [0.05, 0.1) is 23.6 Å². The number of likely N-dealkylation sites (N-methyl/N-ethyl adjacent to an activating group) is 1. The van der Waals surface area contributed by atoms with Gasteiger partial charge < -0.3 is 14.7 Å². The zero-order valence-corrected chi connectivity index (χ0v) is 30.1. The molecule has 0 radical (unpaired) electrons. The van der Waals surface area contributed by atoms with Crippen LogP contribution in [-0.4, -0.2) is 54.5 Å². The number of ether oxygens (including phenoxy) is 1. The summed E-state index contributed by atoms with van der Waals surface area (Å²) in [6.45, 7) is 4.88. The number of nitrogens with zero attached hydrogens (tertiary/aromatic N) is 3. The summed E-state index contributed by atoms with van der Waals surface area (Å²) in [4.78, 5) is 33.8. The van der Waals surface area contributed by atoms with Gasteiger partial charge in [0.2, 0.25) is 5.91 Å². The summed E-state index contributed by atoms with van der Waals surface area (Å²) in [6, 6.07) is 18.7. The number of hydrogen-bond donors (Lipinski definition) is 1. The molecule has 7 nitrogen and oxygen atoms in total. The van der Waals surface area contributed by atoms with Crippen molar-refractivity contribution < 1.29 is 19.4 Å². The lowest BCUT2D eigenvalue weighted by molar-refractivity contribution is -0.116. The summed E-state index contributed by atoms with van der Waals surface area (Å²) in [5.41, 5.74) is 4.09. The number of esters is 1. The van der Waals surface area contributed by atoms with Gasteiger partial charge in [0.1, 0.15) is 6.54 Å². The van der Waals surface area contributed by atoms with Crippen LogP contribution < -0.4 is 4.90 Å². The first-order valence-electron chi connectivity index (χ1n) is 17.8. The van der Waals surface area contributed by atoms with Crippen LogP contribution in [-0.2, 0) is 9.53 Å². The van der Waals surface area contributed by atoms with Gasteiger partial charge in [-0.2, -0.15) is 0 Å². The van der Waals surface area contributed by atoms with Crippen molar-refractivity contribution in [1.82, 2.24) is 4.98 Å². The maximum absolute atomic E-state index is 12.0. The Kier molecular flexibility index (Phi) is 21.6. The summed E-state index contributed by atoms with van der Waals surface area (Å²) in [5, 5.41) is 8.20. The van der Waals surface area contributed by atoms with E-state index in [1.807, 2.05) is 42.5 Å². The quantitative estimate of drug-likeness (QED) is 0.113. The summed E-state index contributed by atoms with van der Waals surface area (Å²) in [5.74, 6) is -0.267. The highest BCUT2D eigenvalue weighted by atomic mass is 35.5. The minimum atomic E-state index is -0.239. The van der Waals surface area contributed by atoms with Crippen molar-refractivity contribution in [3.63, 3.8) is 0 Å². The van der Waals surface area contributed by atoms with E-state index in [1.54, 1.807) is 49.5 Å². The van der Waals surface area contributed by atoms with E-state index in [0.717, 1.165) is 35.4 Å². The van der Waals surface area contributed by atoms with Crippen LogP contribution >= 0.6 is 11.6 Å². The number of aliphatic hydroxyl groups is 1. The number of carbonyl (C=O) groups is 2. The number of fused-ring (bicyclic) bond motifs is 1. The van der Waals surface area contributed by atoms with Gasteiger partial charge in [-0.1, -0.05) is 132 Å². The summed E-state index contributed by atoms with van der Waals surface area (Å²) >= 11 is 6.11. The highest BCUT2D eigenvalue weighted by Gasteiger charge is 2.22. The lowest BCUT2D eigenvalue weighted by Crippen LogP contribution is -2.27. The summed E-state index contributed by atoms with van der Waals surface area (Å²) in [7, 11) is 1.76. The number of amides is 1. The van der Waals surface area contributed by atoms with Crippen molar-refractivity contribution in [2.24, 2.45) is 4.99 Å². The Morgan fingerprint density at radius 2 is 1.35 bits per heavy atom. The van der Waals surface area contributed by atoms with Crippen LogP contribution in [0.15, 0.2) is 78.0 Å². The molecule has 0 bridgehead atoms. The second-order valence-electron chi connectivity index (χ2n) is 11.9. The topological polar surface area (TPSA) is 92.1 Å². The second kappa shape index (κ2) is 25.5. The molecule has 0 atom stereocenters. The van der Waals surface area contributed by atoms with Crippen molar-refractivity contribution in [3.8, 4) is 0 Å². The van der Waals surface area contributed by atoms with Crippen molar-refractivity contribution in [2.75, 3.05) is 31.7 Å². The number of benzene rings is 2. The van der Waals surface area contributed by atoms with Crippen molar-refractivity contribution >= 4 is 34.9 Å². The molecule has 4 rings (SSSR count). The number of benzodiazepines with no additional fused rings is 1. The first-order chi connectivity index (χ1) is 23.4. The molecule has 1 aliphatic rings. The van der Waals surface area contributed by atoms with Gasteiger partial charge in [-0.25, -0.2) is 4.79 Å². The zero-order valence-electron chi connectivity index (χ0n) is 29.3. The third-order valence-electron chi connectivity index (χ3n) is 8.02. The molecular weight excluding hydrogens is 622 g/mol. The van der Waals surface area contributed by atoms with Crippen LogP contribution in [0.2, 0.25) is 5.02 Å². The molecule has 0 saturated carbocycles. The van der Waals surface area contributed by atoms with Crippen LogP contribution in [0.3, 0.4) is 0 Å². The molecule has 1 aliphatic heterocycles. The molecule has 3 aromatic rings. The van der Waals surface area contributed by atoms with Gasteiger partial charge in [-0.3, -0.25) is 14.8 Å². The Morgan fingerprint density at radius 1 is 0.812 bits per heavy atom. The van der Waals surface area contributed by atoms with E-state index in [2.05, 4.69) is 16.9 Å². The molecule has 0 aliphatic carbocycles. The van der Waals surface area contributed by atoms with E-state index in [4.69, 9.17) is 21.4 Å². The number of aliphatic imine (C=N–C) groups is 1. The van der Waals surface area contributed by atoms with E-state index in [1.165, 1.54) is 77.0 Å². The van der Waals surface area contributed by atoms with Crippen LogP contribution in [0.25, 0.3) is 0 Å². The molecule has 2 heterocycles. The number of rotatable bonds is 17. The van der Waals surface area contributed by atoms with Gasteiger partial charge >= 0.3 is 5.97 Å². The molecule has 1 aromatic heterocycles. The van der Waals surface area contributed by atoms with E-state index in [9.17, 15) is 9.59 Å². The van der Waals surface area contributed by atoms with Crippen molar-refractivity contribution in [2.45, 2.75) is 104 Å². The zero-order chi connectivity index (χ0) is 34.8. The molecular formula is C40H56ClN3O4. The van der Waals surface area contributed by atoms with Gasteiger partial charge in [-0.05, 0) is 43.7 Å². The lowest BCUT2D eigenvalue weighted by Gasteiger charge is -2.18. The standard InChI is InChI=1S/C22H37NO2.C16H13ClN2O.C2H6O/c1-2-3-4-5-6-7-8-9-10-11-12-13-14-15-20-25-22(24)21-16-18-23-19-17-21;1-19-14-8-7-12(17)9-13(14)16(18-10-15(19)20)11-5-3-2-4-6-11;1-2-3/h16-19H,2-15,20H2,1H3;2-9H,10H2,1H3;3H,2H2,1H3. The third kappa shape index (κ3) is 16.0. The predicted octanol–water partition coefficient (Wildman–Crippen LogP) is 9.87. The third-order valence-corrected chi connectivity index (χ3v) is 8.25. The Morgan fingerprint density at radius 3 is 1.92 bits per heavy atom. The number of carbonyl (C=O) groups excluding carboxylic acids is 2. The molecule has 2 aromatic carbocycles. The van der Waals surface area contributed by atoms with Crippen LogP contribution in [0.5, 0.6) is 0 Å². The fourth-order valence-electron chi connectivity index (χ4n) is 5.34. The van der Waals surface area contributed by atoms with Gasteiger partial charge in [-0.15, -0.1) is 0 Å². The SMILES string of the molecule is CCCCCCCCCCCCCCCCOC(=O)c1ccncc1.CCO.CN1C(=O)CN=C(c2ccccc2)c2cc(Cl)ccc21. The number of anilines is 1. The fourth-order valence-corrected chi connectivity index (χ4v) is 5.51. The first-order valence-corrected chi connectivity index (χ1v) is 18.1. The van der Waals surface area contributed by atoms with Crippen LogP contribution in [0.1, 0.15) is 125 Å². The molecule has 1 N–H and O–H groups in total. The number of aliphatic hydroxyl groups excluding tert-OH is 1. The second-order valence-corrected chi connectivity index (χ2v) is 12.4. The predicted molar refractivity (Wildman–Crippen MR) is 199 cm³/mol. The summed E-state index contributed by atoms with van der Waals surface area (Å²) < 4.78 is 5.27. The molecule has 262 valence electrons. The fraction of sp³-hybridized carbons (Fsp3) is 0.500. The normalized spacial score (nSPS) is 12.1. The molecule has 0 fully saturated rings.